The second-order valence-corrected chi connectivity index (χ2v) is 8.42. The van der Waals surface area contributed by atoms with E-state index < -0.39 is 0 Å². The van der Waals surface area contributed by atoms with Crippen LogP contribution >= 0.6 is 0 Å². The van der Waals surface area contributed by atoms with Gasteiger partial charge in [0.15, 0.2) is 5.82 Å². The Morgan fingerprint density at radius 3 is 2.25 bits per heavy atom. The van der Waals surface area contributed by atoms with Crippen LogP contribution in [0.15, 0.2) is 102 Å². The Bertz CT molecular complexity index is 1250. The third-order valence-electron chi connectivity index (χ3n) is 5.73. The Morgan fingerprint density at radius 1 is 0.833 bits per heavy atom. The highest BCUT2D eigenvalue weighted by atomic mass is 16.5. The fourth-order valence-electron chi connectivity index (χ4n) is 3.69. The fraction of sp³-hybridized carbons (Fsp3) is 0.241. The standard InChI is InChI=1S/C29H32N4O3/c1-32(19-16-24-8-4-2-5-9-24)21-23-36-27-14-12-25(13-15-27)33-20-17-30-28(29(33)34)31-18-22-35-26-10-6-3-7-11-26/h2-15,17,20H,16,18-19,21-23H2,1H3,(H,30,31). The van der Waals surface area contributed by atoms with E-state index in [4.69, 9.17) is 9.47 Å². The molecule has 0 atom stereocenters. The summed E-state index contributed by atoms with van der Waals surface area (Å²) in [4.78, 5) is 19.3. The van der Waals surface area contributed by atoms with E-state index in [-0.39, 0.29) is 11.4 Å². The maximum absolute atomic E-state index is 12.9. The molecule has 1 N–H and O–H groups in total. The van der Waals surface area contributed by atoms with Gasteiger partial charge in [-0.05, 0) is 55.4 Å². The van der Waals surface area contributed by atoms with Crippen LogP contribution in [-0.2, 0) is 6.42 Å². The number of nitrogens with one attached hydrogen (secondary N) is 1. The number of benzene rings is 3. The first-order valence-electron chi connectivity index (χ1n) is 12.1. The van der Waals surface area contributed by atoms with Gasteiger partial charge in [-0.3, -0.25) is 9.36 Å². The largest absolute Gasteiger partial charge is 0.492 e. The molecule has 0 aliphatic heterocycles. The molecule has 1 heterocycles. The lowest BCUT2D eigenvalue weighted by Gasteiger charge is -2.17. The summed E-state index contributed by atoms with van der Waals surface area (Å²) in [5.74, 6) is 1.85. The van der Waals surface area contributed by atoms with Crippen LogP contribution in [0.5, 0.6) is 11.5 Å². The van der Waals surface area contributed by atoms with Gasteiger partial charge >= 0.3 is 0 Å². The lowest BCUT2D eigenvalue weighted by molar-refractivity contribution is 0.239. The predicted molar refractivity (Wildman–Crippen MR) is 143 cm³/mol. The van der Waals surface area contributed by atoms with Gasteiger partial charge in [0.1, 0.15) is 24.7 Å². The van der Waals surface area contributed by atoms with Crippen molar-refractivity contribution in [2.24, 2.45) is 0 Å². The maximum atomic E-state index is 12.9. The van der Waals surface area contributed by atoms with Crippen molar-refractivity contribution in [1.29, 1.82) is 0 Å². The van der Waals surface area contributed by atoms with Crippen LogP contribution in [0.1, 0.15) is 5.56 Å². The van der Waals surface area contributed by atoms with Gasteiger partial charge in [-0.15, -0.1) is 0 Å². The zero-order chi connectivity index (χ0) is 25.0. The molecule has 0 aliphatic rings. The average molecular weight is 485 g/mol. The second kappa shape index (κ2) is 13.1. The average Bonchev–Trinajstić information content (AvgIpc) is 2.92. The number of nitrogens with zero attached hydrogens (tertiary/aromatic N) is 3. The van der Waals surface area contributed by atoms with E-state index in [1.807, 2.05) is 60.7 Å². The van der Waals surface area contributed by atoms with Crippen LogP contribution in [0.2, 0.25) is 0 Å². The van der Waals surface area contributed by atoms with Crippen molar-refractivity contribution >= 4 is 5.82 Å². The molecule has 0 unspecified atom stereocenters. The molecule has 0 amide bonds. The van der Waals surface area contributed by atoms with E-state index in [0.29, 0.717) is 19.8 Å². The summed E-state index contributed by atoms with van der Waals surface area (Å²) in [5.41, 5.74) is 1.87. The lowest BCUT2D eigenvalue weighted by atomic mass is 10.1. The van der Waals surface area contributed by atoms with Crippen LogP contribution in [0.3, 0.4) is 0 Å². The number of para-hydroxylation sites is 1. The maximum Gasteiger partial charge on any atom is 0.297 e. The molecule has 4 aromatic rings. The highest BCUT2D eigenvalue weighted by Crippen LogP contribution is 2.15. The number of likely N-dealkylation sites (N-methyl/N-ethyl adjacent to an activating group) is 1. The van der Waals surface area contributed by atoms with Crippen LogP contribution in [-0.4, -0.2) is 54.3 Å². The van der Waals surface area contributed by atoms with Gasteiger partial charge in [-0.1, -0.05) is 48.5 Å². The normalized spacial score (nSPS) is 10.8. The van der Waals surface area contributed by atoms with Crippen LogP contribution in [0.25, 0.3) is 5.69 Å². The minimum absolute atomic E-state index is 0.217. The number of hydrogen-bond donors (Lipinski definition) is 1. The molecule has 0 aliphatic carbocycles. The summed E-state index contributed by atoms with van der Waals surface area (Å²) in [5, 5.41) is 3.07. The molecule has 3 aromatic carbocycles. The van der Waals surface area contributed by atoms with Crippen molar-refractivity contribution in [2.45, 2.75) is 6.42 Å². The zero-order valence-corrected chi connectivity index (χ0v) is 20.5. The molecule has 0 saturated carbocycles. The van der Waals surface area contributed by atoms with Crippen molar-refractivity contribution in [3.05, 3.63) is 113 Å². The van der Waals surface area contributed by atoms with E-state index in [1.165, 1.54) is 5.56 Å². The van der Waals surface area contributed by atoms with Gasteiger partial charge in [0.25, 0.3) is 5.56 Å². The molecule has 0 spiro atoms. The van der Waals surface area contributed by atoms with E-state index in [2.05, 4.69) is 46.5 Å². The van der Waals surface area contributed by atoms with E-state index in [0.717, 1.165) is 36.7 Å². The van der Waals surface area contributed by atoms with Gasteiger partial charge in [-0.25, -0.2) is 4.98 Å². The van der Waals surface area contributed by atoms with Gasteiger partial charge in [0.05, 0.1) is 6.54 Å². The molecule has 186 valence electrons. The van der Waals surface area contributed by atoms with Crippen molar-refractivity contribution in [2.75, 3.05) is 45.2 Å². The Kier molecular flexibility index (Phi) is 9.11. The van der Waals surface area contributed by atoms with E-state index in [1.54, 1.807) is 17.0 Å². The topological polar surface area (TPSA) is 68.6 Å². The molecule has 36 heavy (non-hydrogen) atoms. The third kappa shape index (κ3) is 7.45. The van der Waals surface area contributed by atoms with E-state index >= 15 is 0 Å². The van der Waals surface area contributed by atoms with Gasteiger partial charge in [0.2, 0.25) is 0 Å². The monoisotopic (exact) mass is 484 g/mol. The van der Waals surface area contributed by atoms with Crippen molar-refractivity contribution in [3.63, 3.8) is 0 Å². The Morgan fingerprint density at radius 2 is 1.50 bits per heavy atom. The van der Waals surface area contributed by atoms with Crippen LogP contribution < -0.4 is 20.3 Å². The van der Waals surface area contributed by atoms with Gasteiger partial charge in [-0.2, -0.15) is 0 Å². The highest BCUT2D eigenvalue weighted by Gasteiger charge is 2.07. The third-order valence-corrected chi connectivity index (χ3v) is 5.73. The fourth-order valence-corrected chi connectivity index (χ4v) is 3.69. The van der Waals surface area contributed by atoms with Crippen LogP contribution in [0, 0.1) is 0 Å². The van der Waals surface area contributed by atoms with Crippen molar-refractivity contribution in [3.8, 4) is 17.2 Å². The SMILES string of the molecule is CN(CCOc1ccc(-n2ccnc(NCCOc3ccccc3)c2=O)cc1)CCc1ccccc1. The molecule has 1 aromatic heterocycles. The summed E-state index contributed by atoms with van der Waals surface area (Å²) in [6, 6.07) is 27.6. The summed E-state index contributed by atoms with van der Waals surface area (Å²) in [6.07, 6.45) is 4.28. The second-order valence-electron chi connectivity index (χ2n) is 8.42. The van der Waals surface area contributed by atoms with Gasteiger partial charge in [0, 0.05) is 31.2 Å². The highest BCUT2D eigenvalue weighted by molar-refractivity contribution is 5.41. The van der Waals surface area contributed by atoms with E-state index in [9.17, 15) is 4.79 Å². The number of hydrogen-bond acceptors (Lipinski definition) is 6. The summed E-state index contributed by atoms with van der Waals surface area (Å²) in [7, 11) is 2.10. The molecule has 7 heteroatoms. The molecular formula is C29H32N4O3. The number of anilines is 1. The van der Waals surface area contributed by atoms with Crippen molar-refractivity contribution in [1.82, 2.24) is 14.5 Å². The van der Waals surface area contributed by atoms with Crippen molar-refractivity contribution < 1.29 is 9.47 Å². The summed E-state index contributed by atoms with van der Waals surface area (Å²) in [6.45, 7) is 3.30. The Labute approximate surface area is 212 Å². The smallest absolute Gasteiger partial charge is 0.297 e. The first-order chi connectivity index (χ1) is 17.7. The first kappa shape index (κ1) is 25.0. The number of ether oxygens (including phenoxy) is 2. The van der Waals surface area contributed by atoms with Gasteiger partial charge < -0.3 is 19.7 Å². The number of rotatable bonds is 13. The summed E-state index contributed by atoms with van der Waals surface area (Å²) < 4.78 is 13.1. The molecular weight excluding hydrogens is 452 g/mol. The molecule has 0 saturated heterocycles. The lowest BCUT2D eigenvalue weighted by Crippen LogP contribution is -2.26. The predicted octanol–water partition coefficient (Wildman–Crippen LogP) is 4.28. The quantitative estimate of drug-likeness (QED) is 0.286. The summed E-state index contributed by atoms with van der Waals surface area (Å²) >= 11 is 0. The molecule has 0 radical (unpaired) electrons. The molecule has 4 rings (SSSR count). The Balaban J connectivity index is 1.24. The Hall–Kier alpha value is -4.10. The molecule has 0 fully saturated rings. The molecule has 7 nitrogen and oxygen atoms in total. The number of aromatic nitrogens is 2. The minimum Gasteiger partial charge on any atom is -0.492 e. The molecule has 0 bridgehead atoms. The zero-order valence-electron chi connectivity index (χ0n) is 20.5. The minimum atomic E-state index is -0.217. The van der Waals surface area contributed by atoms with Crippen LogP contribution in [0.4, 0.5) is 5.82 Å². The first-order valence-corrected chi connectivity index (χ1v) is 12.1.